The molecule has 0 aliphatic carbocycles. The number of benzene rings is 1. The molecule has 1 aromatic carbocycles. The van der Waals surface area contributed by atoms with Crippen LogP contribution in [0, 0.1) is 0 Å². The molecule has 0 radical (unpaired) electrons. The van der Waals surface area contributed by atoms with Crippen LogP contribution in [-0.4, -0.2) is 122 Å². The Morgan fingerprint density at radius 2 is 1.54 bits per heavy atom. The van der Waals surface area contributed by atoms with Crippen LogP contribution >= 0.6 is 11.8 Å². The Labute approximate surface area is 302 Å². The summed E-state index contributed by atoms with van der Waals surface area (Å²) in [7, 11) is 0. The number of aliphatic carboxylic acids is 1. The summed E-state index contributed by atoms with van der Waals surface area (Å²) >= 11 is 1.39. The summed E-state index contributed by atoms with van der Waals surface area (Å²) < 4.78 is 0. The van der Waals surface area contributed by atoms with Crippen LogP contribution in [-0.2, 0) is 46.4 Å². The van der Waals surface area contributed by atoms with Gasteiger partial charge in [0.25, 0.3) is 0 Å². The number of para-hydroxylation sites is 1. The highest BCUT2D eigenvalue weighted by atomic mass is 32.2. The standard InChI is InChI=1S/C32H44N10O9S/c1-52-9-8-23(29(47)37-14-27(45)39-24(11-18-13-35-16-38-18)31(49)42-25(15-43)32(50)51)41-30(48)22(6-7-26(34)44)40-28(46)20(33)10-17-12-36-21-5-3-2-4-19(17)21/h2-5,12-13,16,20,22-25,36,43H,6-11,14-15,33H2,1H3,(H2,34,44)(H,35,38)(H,37,47)(H,39,45)(H,40,46)(H,41,48)(H,42,49)(H,50,51)/t20-,22+,23-,24+,25-/m0/s1. The molecule has 13 N–H and O–H groups in total. The van der Waals surface area contributed by atoms with Gasteiger partial charge in [-0.3, -0.25) is 28.8 Å². The Kier molecular flexibility index (Phi) is 16.1. The lowest BCUT2D eigenvalue weighted by Gasteiger charge is -2.24. The van der Waals surface area contributed by atoms with Crippen molar-refractivity contribution < 1.29 is 43.8 Å². The number of imidazole rings is 1. The molecule has 5 atom stereocenters. The topological polar surface area (TPSA) is 317 Å². The van der Waals surface area contributed by atoms with Crippen molar-refractivity contribution in [1.29, 1.82) is 0 Å². The summed E-state index contributed by atoms with van der Waals surface area (Å²) in [5, 5.41) is 31.5. The number of thioether (sulfide) groups is 1. The monoisotopic (exact) mass is 744 g/mol. The van der Waals surface area contributed by atoms with E-state index in [2.05, 4.69) is 41.5 Å². The average molecular weight is 745 g/mol. The summed E-state index contributed by atoms with van der Waals surface area (Å²) in [6, 6.07) is 1.01. The van der Waals surface area contributed by atoms with Crippen molar-refractivity contribution >= 4 is 64.1 Å². The Hall–Kier alpha value is -5.47. The van der Waals surface area contributed by atoms with Gasteiger partial charge in [-0.1, -0.05) is 18.2 Å². The van der Waals surface area contributed by atoms with E-state index in [1.807, 2.05) is 24.3 Å². The minimum absolute atomic E-state index is 0.125. The van der Waals surface area contributed by atoms with E-state index in [0.29, 0.717) is 11.4 Å². The number of carboxylic acid groups (broad SMARTS) is 1. The Bertz CT molecular complexity index is 1700. The van der Waals surface area contributed by atoms with Crippen LogP contribution in [0.5, 0.6) is 0 Å². The number of hydrogen-bond donors (Lipinski definition) is 11. The number of fused-ring (bicyclic) bond motifs is 1. The number of H-pyrrole nitrogens is 2. The van der Waals surface area contributed by atoms with Crippen LogP contribution in [0.2, 0.25) is 0 Å². The van der Waals surface area contributed by atoms with Gasteiger partial charge in [0.1, 0.15) is 24.2 Å². The first kappa shape index (κ1) is 41.0. The number of aromatic nitrogens is 3. The molecule has 19 nitrogen and oxygen atoms in total. The number of carbonyl (C=O) groups excluding carboxylic acids is 6. The third-order valence-corrected chi connectivity index (χ3v) is 8.50. The van der Waals surface area contributed by atoms with Crippen molar-refractivity contribution in [3.8, 4) is 0 Å². The first-order valence-corrected chi connectivity index (χ1v) is 17.6. The summed E-state index contributed by atoms with van der Waals surface area (Å²) in [5.41, 5.74) is 13.6. The highest BCUT2D eigenvalue weighted by Gasteiger charge is 2.30. The smallest absolute Gasteiger partial charge is 0.328 e. The van der Waals surface area contributed by atoms with Crippen LogP contribution in [0.3, 0.4) is 0 Å². The van der Waals surface area contributed by atoms with Crippen molar-refractivity contribution in [3.63, 3.8) is 0 Å². The van der Waals surface area contributed by atoms with Crippen LogP contribution in [0.15, 0.2) is 43.0 Å². The van der Waals surface area contributed by atoms with E-state index in [9.17, 15) is 43.8 Å². The first-order chi connectivity index (χ1) is 24.8. The molecule has 0 unspecified atom stereocenters. The molecule has 2 aromatic heterocycles. The number of hydrogen-bond acceptors (Lipinski definition) is 11. The minimum atomic E-state index is -1.62. The number of nitrogens with zero attached hydrogens (tertiary/aromatic N) is 1. The summed E-state index contributed by atoms with van der Waals surface area (Å²) in [4.78, 5) is 98.1. The lowest BCUT2D eigenvalue weighted by Crippen LogP contribution is -2.57. The fourth-order valence-electron chi connectivity index (χ4n) is 5.06. The maximum Gasteiger partial charge on any atom is 0.328 e. The molecule has 0 saturated carbocycles. The SMILES string of the molecule is CSCC[C@H](NC(=O)[C@@H](CCC(N)=O)NC(=O)[C@@H](N)Cc1c[nH]c2ccccc12)C(=O)NCC(=O)N[C@H](Cc1cnc[nH]1)C(=O)N[C@@H](CO)C(=O)O. The largest absolute Gasteiger partial charge is 0.480 e. The molecule has 0 bridgehead atoms. The number of aliphatic hydroxyl groups is 1. The van der Waals surface area contributed by atoms with E-state index in [0.717, 1.165) is 16.5 Å². The van der Waals surface area contributed by atoms with E-state index in [4.69, 9.17) is 11.5 Å². The molecule has 0 fully saturated rings. The molecule has 6 amide bonds. The van der Waals surface area contributed by atoms with E-state index >= 15 is 0 Å². The van der Waals surface area contributed by atoms with E-state index in [1.54, 1.807) is 12.5 Å². The predicted octanol–water partition coefficient (Wildman–Crippen LogP) is -2.85. The van der Waals surface area contributed by atoms with Gasteiger partial charge < -0.3 is 58.2 Å². The van der Waals surface area contributed by atoms with Crippen molar-refractivity contribution in [2.75, 3.05) is 25.2 Å². The van der Waals surface area contributed by atoms with Crippen molar-refractivity contribution in [2.45, 2.75) is 62.3 Å². The molecule has 0 saturated heterocycles. The minimum Gasteiger partial charge on any atom is -0.480 e. The second-order valence-corrected chi connectivity index (χ2v) is 12.8. The summed E-state index contributed by atoms with van der Waals surface area (Å²) in [6.45, 7) is -1.53. The van der Waals surface area contributed by atoms with Crippen LogP contribution in [0.25, 0.3) is 10.9 Å². The third-order valence-electron chi connectivity index (χ3n) is 7.86. The van der Waals surface area contributed by atoms with Crippen molar-refractivity contribution in [3.05, 3.63) is 54.2 Å². The van der Waals surface area contributed by atoms with Gasteiger partial charge in [0.05, 0.1) is 25.5 Å². The van der Waals surface area contributed by atoms with Gasteiger partial charge in [0, 0.05) is 41.8 Å². The molecular weight excluding hydrogens is 700 g/mol. The summed E-state index contributed by atoms with van der Waals surface area (Å²) in [5.74, 6) is -5.73. The quantitative estimate of drug-likeness (QED) is 0.0496. The van der Waals surface area contributed by atoms with Gasteiger partial charge in [0.15, 0.2) is 0 Å². The van der Waals surface area contributed by atoms with E-state index < -0.39 is 84.8 Å². The number of carbonyl (C=O) groups is 7. The van der Waals surface area contributed by atoms with E-state index in [-0.39, 0.29) is 32.1 Å². The second kappa shape index (κ2) is 20.4. The number of nitrogens with two attached hydrogens (primary N) is 2. The normalized spacial score (nSPS) is 13.9. The molecule has 282 valence electrons. The van der Waals surface area contributed by atoms with Crippen LogP contribution in [0.4, 0.5) is 0 Å². The Morgan fingerprint density at radius 1 is 0.865 bits per heavy atom. The molecule has 0 aliphatic rings. The van der Waals surface area contributed by atoms with Crippen molar-refractivity contribution in [1.82, 2.24) is 41.5 Å². The van der Waals surface area contributed by atoms with Crippen LogP contribution in [0.1, 0.15) is 30.5 Å². The molecule has 52 heavy (non-hydrogen) atoms. The van der Waals surface area contributed by atoms with Crippen molar-refractivity contribution in [2.24, 2.45) is 11.5 Å². The Morgan fingerprint density at radius 3 is 2.19 bits per heavy atom. The molecule has 20 heteroatoms. The number of aromatic amines is 2. The van der Waals surface area contributed by atoms with Gasteiger partial charge >= 0.3 is 5.97 Å². The molecule has 3 aromatic rings. The maximum absolute atomic E-state index is 13.5. The second-order valence-electron chi connectivity index (χ2n) is 11.8. The molecule has 3 rings (SSSR count). The zero-order chi connectivity index (χ0) is 38.2. The zero-order valence-corrected chi connectivity index (χ0v) is 29.2. The number of primary amides is 1. The predicted molar refractivity (Wildman–Crippen MR) is 189 cm³/mol. The molecule has 2 heterocycles. The molecule has 0 aliphatic heterocycles. The number of amides is 6. The number of rotatable bonds is 22. The number of carboxylic acids is 1. The van der Waals surface area contributed by atoms with Gasteiger partial charge in [-0.05, 0) is 42.9 Å². The van der Waals surface area contributed by atoms with E-state index in [1.165, 1.54) is 24.3 Å². The summed E-state index contributed by atoms with van der Waals surface area (Å²) in [6.07, 6.45) is 5.97. The van der Waals surface area contributed by atoms with Gasteiger partial charge in [-0.2, -0.15) is 11.8 Å². The zero-order valence-electron chi connectivity index (χ0n) is 28.3. The molecular formula is C32H44N10O9S. The fraction of sp³-hybridized carbons (Fsp3) is 0.438. The van der Waals surface area contributed by atoms with Gasteiger partial charge in [-0.25, -0.2) is 9.78 Å². The van der Waals surface area contributed by atoms with Gasteiger partial charge in [-0.15, -0.1) is 0 Å². The average Bonchev–Trinajstić information content (AvgIpc) is 3.79. The van der Waals surface area contributed by atoms with Crippen LogP contribution < -0.4 is 38.1 Å². The number of aliphatic hydroxyl groups excluding tert-OH is 1. The number of nitrogens with one attached hydrogen (secondary N) is 7. The third kappa shape index (κ3) is 12.7. The highest BCUT2D eigenvalue weighted by Crippen LogP contribution is 2.19. The fourth-order valence-corrected chi connectivity index (χ4v) is 5.53. The highest BCUT2D eigenvalue weighted by molar-refractivity contribution is 7.98. The van der Waals surface area contributed by atoms with Gasteiger partial charge in [0.2, 0.25) is 35.4 Å². The molecule has 0 spiro atoms. The lowest BCUT2D eigenvalue weighted by molar-refractivity contribution is -0.143. The maximum atomic E-state index is 13.5. The lowest BCUT2D eigenvalue weighted by atomic mass is 10.0. The Balaban J connectivity index is 1.65. The first-order valence-electron chi connectivity index (χ1n) is 16.2.